The molecule has 0 radical (unpaired) electrons. The Morgan fingerprint density at radius 1 is 1.00 bits per heavy atom. The lowest BCUT2D eigenvalue weighted by Gasteiger charge is -2.28. The van der Waals surface area contributed by atoms with Gasteiger partial charge in [0, 0.05) is 5.41 Å². The van der Waals surface area contributed by atoms with E-state index < -0.39 is 0 Å². The van der Waals surface area contributed by atoms with E-state index in [1.807, 2.05) is 53.7 Å². The first-order valence-corrected chi connectivity index (χ1v) is 10.3. The molecule has 0 N–H and O–H groups in total. The quantitative estimate of drug-likeness (QED) is 0.482. The summed E-state index contributed by atoms with van der Waals surface area (Å²) in [6.07, 6.45) is 13.3. The Labute approximate surface area is 161 Å². The number of hydrogen-bond acceptors (Lipinski definition) is 0. The number of fused-ring (bicyclic) bond motifs is 2. The maximum absolute atomic E-state index is 3.96. The summed E-state index contributed by atoms with van der Waals surface area (Å²) in [7, 11) is 0. The molecule has 3 aliphatic rings. The highest BCUT2D eigenvalue weighted by atomic mass is 14.6. The van der Waals surface area contributed by atoms with Crippen molar-refractivity contribution in [3.8, 4) is 0 Å². The van der Waals surface area contributed by atoms with E-state index in [-0.39, 0.29) is 5.41 Å². The minimum Gasteiger partial charge on any atom is -0.103 e. The van der Waals surface area contributed by atoms with Gasteiger partial charge in [-0.25, -0.2) is 0 Å². The smallest absolute Gasteiger partial charge is 0.0214 e. The van der Waals surface area contributed by atoms with Crippen LogP contribution in [0.25, 0.3) is 6.08 Å². The number of rotatable bonds is 3. The molecule has 0 amide bonds. The Hall–Kier alpha value is -2.08. The van der Waals surface area contributed by atoms with Crippen LogP contribution >= 0.6 is 0 Å². The van der Waals surface area contributed by atoms with Gasteiger partial charge in [-0.2, -0.15) is 0 Å². The van der Waals surface area contributed by atoms with Crippen LogP contribution in [-0.4, -0.2) is 0 Å². The first-order valence-electron chi connectivity index (χ1n) is 10.3. The van der Waals surface area contributed by atoms with Gasteiger partial charge in [0.05, 0.1) is 0 Å². The Morgan fingerprint density at radius 2 is 1.65 bits per heavy atom. The highest BCUT2D eigenvalue weighted by molar-refractivity contribution is 5.74. The summed E-state index contributed by atoms with van der Waals surface area (Å²) in [6, 6.07) is 8.81. The highest BCUT2D eigenvalue weighted by Crippen LogP contribution is 2.69. The van der Waals surface area contributed by atoms with Crippen molar-refractivity contribution >= 4 is 6.08 Å². The molecule has 0 nitrogen and oxygen atoms in total. The molecular weight excluding hydrogens is 312 g/mol. The Kier molecular flexibility index (Phi) is 8.58. The third kappa shape index (κ3) is 3.85. The van der Waals surface area contributed by atoms with Crippen molar-refractivity contribution in [2.75, 3.05) is 0 Å². The van der Waals surface area contributed by atoms with E-state index in [0.29, 0.717) is 5.92 Å². The standard InChI is InChI=1S/C20H18.3C2H6/c1-3-7-16-12-20-13-19(20)18-9-6-5-8-15(18)11-17(20)10-14(16)4-2;3*1-2/h3-6,8-12,19H,1-2,7,13H2;3*1-2H3. The lowest BCUT2D eigenvalue weighted by Crippen LogP contribution is -2.13. The van der Waals surface area contributed by atoms with Crippen LogP contribution in [0.1, 0.15) is 71.4 Å². The van der Waals surface area contributed by atoms with Gasteiger partial charge in [0.15, 0.2) is 0 Å². The van der Waals surface area contributed by atoms with Crippen LogP contribution in [0.4, 0.5) is 0 Å². The zero-order valence-electron chi connectivity index (χ0n) is 17.6. The van der Waals surface area contributed by atoms with Crippen LogP contribution in [-0.2, 0) is 0 Å². The third-order valence-corrected chi connectivity index (χ3v) is 4.92. The molecule has 0 aliphatic heterocycles. The number of benzene rings is 1. The summed E-state index contributed by atoms with van der Waals surface area (Å²) in [5.74, 6) is 0.668. The van der Waals surface area contributed by atoms with Crippen LogP contribution in [0, 0.1) is 5.41 Å². The van der Waals surface area contributed by atoms with Crippen molar-refractivity contribution < 1.29 is 0 Å². The molecule has 1 aromatic carbocycles. The zero-order chi connectivity index (χ0) is 19.7. The van der Waals surface area contributed by atoms with Gasteiger partial charge in [-0.05, 0) is 46.6 Å². The second kappa shape index (κ2) is 10.2. The molecule has 1 saturated carbocycles. The zero-order valence-corrected chi connectivity index (χ0v) is 17.6. The van der Waals surface area contributed by atoms with E-state index in [9.17, 15) is 0 Å². The molecule has 0 bridgehead atoms. The van der Waals surface area contributed by atoms with Crippen molar-refractivity contribution in [3.05, 3.63) is 89.6 Å². The first kappa shape index (κ1) is 22.0. The third-order valence-electron chi connectivity index (χ3n) is 4.92. The minimum absolute atomic E-state index is 0.263. The summed E-state index contributed by atoms with van der Waals surface area (Å²) < 4.78 is 0. The predicted molar refractivity (Wildman–Crippen MR) is 119 cm³/mol. The monoisotopic (exact) mass is 348 g/mol. The van der Waals surface area contributed by atoms with Crippen molar-refractivity contribution in [2.45, 2.75) is 60.3 Å². The topological polar surface area (TPSA) is 0 Å². The van der Waals surface area contributed by atoms with Crippen LogP contribution in [0.3, 0.4) is 0 Å². The molecule has 0 heterocycles. The van der Waals surface area contributed by atoms with Gasteiger partial charge in [-0.1, -0.05) is 103 Å². The fraction of sp³-hybridized carbons (Fsp3) is 0.385. The first-order chi connectivity index (χ1) is 12.8. The molecule has 1 spiro atoms. The number of hydrogen-bond donors (Lipinski definition) is 0. The van der Waals surface area contributed by atoms with E-state index in [1.165, 1.54) is 34.3 Å². The second-order valence-corrected chi connectivity index (χ2v) is 5.99. The van der Waals surface area contributed by atoms with E-state index >= 15 is 0 Å². The summed E-state index contributed by atoms with van der Waals surface area (Å²) in [6.45, 7) is 19.8. The molecule has 0 heteroatoms. The molecule has 1 fully saturated rings. The van der Waals surface area contributed by atoms with E-state index in [4.69, 9.17) is 0 Å². The van der Waals surface area contributed by atoms with Crippen molar-refractivity contribution in [3.63, 3.8) is 0 Å². The van der Waals surface area contributed by atoms with Crippen molar-refractivity contribution in [2.24, 2.45) is 5.41 Å². The van der Waals surface area contributed by atoms with Gasteiger partial charge >= 0.3 is 0 Å². The predicted octanol–water partition coefficient (Wildman–Crippen LogP) is 8.26. The fourth-order valence-electron chi connectivity index (χ4n) is 3.84. The molecule has 1 aromatic rings. The van der Waals surface area contributed by atoms with Gasteiger partial charge in [0.1, 0.15) is 0 Å². The molecule has 4 rings (SSSR count). The average molecular weight is 349 g/mol. The molecular formula is C26H36. The summed E-state index contributed by atoms with van der Waals surface area (Å²) in [4.78, 5) is 0. The van der Waals surface area contributed by atoms with Crippen molar-refractivity contribution in [1.82, 2.24) is 0 Å². The van der Waals surface area contributed by atoms with Gasteiger partial charge in [0.2, 0.25) is 0 Å². The lowest BCUT2D eigenvalue weighted by atomic mass is 9.76. The molecule has 140 valence electrons. The summed E-state index contributed by atoms with van der Waals surface area (Å²) in [5, 5.41) is 0. The molecule has 2 atom stereocenters. The molecule has 3 aliphatic carbocycles. The van der Waals surface area contributed by atoms with Crippen LogP contribution in [0.2, 0.25) is 0 Å². The minimum atomic E-state index is 0.263. The van der Waals surface area contributed by atoms with E-state index in [2.05, 4.69) is 55.7 Å². The highest BCUT2D eigenvalue weighted by Gasteiger charge is 2.58. The van der Waals surface area contributed by atoms with Gasteiger partial charge < -0.3 is 0 Å². The largest absolute Gasteiger partial charge is 0.103 e. The van der Waals surface area contributed by atoms with Crippen LogP contribution in [0.15, 0.2) is 78.4 Å². The normalized spacial score (nSPS) is 23.0. The second-order valence-electron chi connectivity index (χ2n) is 5.99. The maximum Gasteiger partial charge on any atom is 0.0214 e. The average Bonchev–Trinajstić information content (AvgIpc) is 3.45. The SMILES string of the molecule is C=CCC1=CC23CC2c2ccccc2C=C3C=C1C=C.CC.CC.CC. The summed E-state index contributed by atoms with van der Waals surface area (Å²) >= 11 is 0. The molecule has 2 unspecified atom stereocenters. The fourth-order valence-corrected chi connectivity index (χ4v) is 3.84. The Balaban J connectivity index is 0.000000515. The van der Waals surface area contributed by atoms with Crippen LogP contribution < -0.4 is 0 Å². The van der Waals surface area contributed by atoms with Gasteiger partial charge in [-0.15, -0.1) is 6.58 Å². The molecule has 0 aromatic heterocycles. The number of allylic oxidation sites excluding steroid dienone is 7. The van der Waals surface area contributed by atoms with Gasteiger partial charge in [0.25, 0.3) is 0 Å². The molecule has 26 heavy (non-hydrogen) atoms. The van der Waals surface area contributed by atoms with Crippen molar-refractivity contribution in [1.29, 1.82) is 0 Å². The molecule has 0 saturated heterocycles. The Morgan fingerprint density at radius 3 is 2.27 bits per heavy atom. The Bertz CT molecular complexity index is 711. The lowest BCUT2D eigenvalue weighted by molar-refractivity contribution is 0.742. The van der Waals surface area contributed by atoms with Gasteiger partial charge in [-0.3, -0.25) is 0 Å². The van der Waals surface area contributed by atoms with E-state index in [1.54, 1.807) is 0 Å². The maximum atomic E-state index is 3.96. The van der Waals surface area contributed by atoms with Crippen LogP contribution in [0.5, 0.6) is 0 Å². The summed E-state index contributed by atoms with van der Waals surface area (Å²) in [5.41, 5.74) is 7.27. The van der Waals surface area contributed by atoms with E-state index in [0.717, 1.165) is 6.42 Å².